The van der Waals surface area contributed by atoms with Gasteiger partial charge in [-0.25, -0.2) is 0 Å². The minimum atomic E-state index is -1.16. The van der Waals surface area contributed by atoms with Crippen molar-refractivity contribution in [3.05, 3.63) is 42.0 Å². The minimum Gasteiger partial charge on any atom is -0.466 e. The first-order chi connectivity index (χ1) is 9.53. The van der Waals surface area contributed by atoms with Crippen LogP contribution >= 0.6 is 0 Å². The number of nitrogens with zero attached hydrogens (tertiary/aromatic N) is 2. The Labute approximate surface area is 116 Å². The van der Waals surface area contributed by atoms with E-state index < -0.39 is 5.60 Å². The summed E-state index contributed by atoms with van der Waals surface area (Å²) in [5.74, 6) is 0.621. The van der Waals surface area contributed by atoms with Gasteiger partial charge < -0.3 is 20.2 Å². The molecule has 0 aliphatic carbocycles. The van der Waals surface area contributed by atoms with Gasteiger partial charge in [-0.2, -0.15) is 0 Å². The van der Waals surface area contributed by atoms with Crippen molar-refractivity contribution in [3.63, 3.8) is 0 Å². The van der Waals surface area contributed by atoms with Crippen molar-refractivity contribution in [2.75, 3.05) is 18.9 Å². The molecule has 106 valence electrons. The van der Waals surface area contributed by atoms with Crippen molar-refractivity contribution in [2.24, 2.45) is 0 Å². The number of furan rings is 1. The Morgan fingerprint density at radius 1 is 1.40 bits per heavy atom. The highest BCUT2D eigenvalue weighted by atomic mass is 16.4. The molecule has 0 spiro atoms. The number of anilines is 1. The van der Waals surface area contributed by atoms with E-state index in [9.17, 15) is 9.90 Å². The Morgan fingerprint density at radius 3 is 2.75 bits per heavy atom. The van der Waals surface area contributed by atoms with Gasteiger partial charge in [-0.15, -0.1) is 10.2 Å². The number of carbonyl (C=O) groups is 1. The molecular weight excluding hydrogens is 260 g/mol. The van der Waals surface area contributed by atoms with E-state index >= 15 is 0 Å². The number of carbonyl (C=O) groups excluding carboxylic acids is 1. The van der Waals surface area contributed by atoms with Crippen LogP contribution in [0.5, 0.6) is 0 Å². The highest BCUT2D eigenvalue weighted by Gasteiger charge is 2.26. The van der Waals surface area contributed by atoms with Gasteiger partial charge in [-0.3, -0.25) is 4.79 Å². The zero-order chi connectivity index (χ0) is 14.6. The topological polar surface area (TPSA) is 100 Å². The van der Waals surface area contributed by atoms with Crippen molar-refractivity contribution in [2.45, 2.75) is 12.5 Å². The van der Waals surface area contributed by atoms with Crippen molar-refractivity contribution >= 4 is 11.7 Å². The quantitative estimate of drug-likeness (QED) is 0.745. The lowest BCUT2D eigenvalue weighted by atomic mass is 10.0. The van der Waals surface area contributed by atoms with Gasteiger partial charge in [0.2, 0.25) is 0 Å². The average molecular weight is 276 g/mol. The molecule has 0 aliphatic heterocycles. The fraction of sp³-hybridized carbons (Fsp3) is 0.308. The standard InChI is InChI=1S/C13H16N4O3/c1-13(19,10-4-3-7-20-10)8-15-11-6-5-9(16-17-11)12(18)14-2/h3-7,19H,8H2,1-2H3,(H,14,18)(H,15,17). The van der Waals surface area contributed by atoms with Crippen LogP contribution in [0, 0.1) is 0 Å². The normalized spacial score (nSPS) is 13.6. The maximum atomic E-state index is 11.3. The molecule has 2 rings (SSSR count). The van der Waals surface area contributed by atoms with Gasteiger partial charge in [0, 0.05) is 7.05 Å². The Hall–Kier alpha value is -2.41. The third-order valence-electron chi connectivity index (χ3n) is 2.79. The van der Waals surface area contributed by atoms with Crippen LogP contribution in [0.25, 0.3) is 0 Å². The Morgan fingerprint density at radius 2 is 2.20 bits per heavy atom. The summed E-state index contributed by atoms with van der Waals surface area (Å²) >= 11 is 0. The Kier molecular flexibility index (Phi) is 3.99. The van der Waals surface area contributed by atoms with Crippen molar-refractivity contribution in [1.29, 1.82) is 0 Å². The number of hydrogen-bond acceptors (Lipinski definition) is 6. The van der Waals surface area contributed by atoms with Crippen molar-refractivity contribution in [3.8, 4) is 0 Å². The number of aliphatic hydroxyl groups is 1. The maximum absolute atomic E-state index is 11.3. The molecule has 0 bridgehead atoms. The van der Waals surface area contributed by atoms with Crippen LogP contribution in [0.15, 0.2) is 34.9 Å². The summed E-state index contributed by atoms with van der Waals surface area (Å²) in [6.07, 6.45) is 1.50. The van der Waals surface area contributed by atoms with Crippen LogP contribution in [0.4, 0.5) is 5.82 Å². The lowest BCUT2D eigenvalue weighted by molar-refractivity contribution is 0.0475. The summed E-state index contributed by atoms with van der Waals surface area (Å²) in [4.78, 5) is 11.3. The fourth-order valence-electron chi connectivity index (χ4n) is 1.61. The number of amides is 1. The highest BCUT2D eigenvalue weighted by Crippen LogP contribution is 2.21. The van der Waals surface area contributed by atoms with E-state index in [1.165, 1.54) is 13.3 Å². The predicted molar refractivity (Wildman–Crippen MR) is 72.2 cm³/mol. The van der Waals surface area contributed by atoms with Gasteiger partial charge in [0.1, 0.15) is 17.2 Å². The van der Waals surface area contributed by atoms with E-state index in [-0.39, 0.29) is 18.1 Å². The fourth-order valence-corrected chi connectivity index (χ4v) is 1.61. The second kappa shape index (κ2) is 5.70. The molecule has 0 aromatic carbocycles. The molecule has 20 heavy (non-hydrogen) atoms. The van der Waals surface area contributed by atoms with E-state index in [0.717, 1.165) is 0 Å². The number of hydrogen-bond donors (Lipinski definition) is 3. The second-order valence-corrected chi connectivity index (χ2v) is 4.49. The molecule has 0 radical (unpaired) electrons. The van der Waals surface area contributed by atoms with Crippen molar-refractivity contribution < 1.29 is 14.3 Å². The molecule has 7 nitrogen and oxygen atoms in total. The average Bonchev–Trinajstić information content (AvgIpc) is 3.00. The summed E-state index contributed by atoms with van der Waals surface area (Å²) in [6.45, 7) is 1.83. The molecule has 7 heteroatoms. The summed E-state index contributed by atoms with van der Waals surface area (Å²) in [6, 6.07) is 6.58. The molecule has 0 saturated heterocycles. The first-order valence-corrected chi connectivity index (χ1v) is 6.09. The molecule has 1 atom stereocenters. The molecule has 3 N–H and O–H groups in total. The van der Waals surface area contributed by atoms with Gasteiger partial charge in [-0.05, 0) is 31.2 Å². The Bertz CT molecular complexity index is 564. The molecular formula is C13H16N4O3. The SMILES string of the molecule is CNC(=O)c1ccc(NCC(C)(O)c2ccco2)nn1. The minimum absolute atomic E-state index is 0.203. The van der Waals surface area contributed by atoms with Crippen LogP contribution in [-0.4, -0.2) is 34.8 Å². The van der Waals surface area contributed by atoms with Gasteiger partial charge in [0.25, 0.3) is 5.91 Å². The molecule has 0 saturated carbocycles. The van der Waals surface area contributed by atoms with Gasteiger partial charge in [-0.1, -0.05) is 0 Å². The van der Waals surface area contributed by atoms with Gasteiger partial charge in [0.15, 0.2) is 5.69 Å². The molecule has 0 fully saturated rings. The zero-order valence-electron chi connectivity index (χ0n) is 11.3. The molecule has 1 amide bonds. The summed E-state index contributed by atoms with van der Waals surface area (Å²) < 4.78 is 5.17. The highest BCUT2D eigenvalue weighted by molar-refractivity contribution is 5.91. The maximum Gasteiger partial charge on any atom is 0.271 e. The zero-order valence-corrected chi connectivity index (χ0v) is 11.3. The summed E-state index contributed by atoms with van der Waals surface area (Å²) in [5, 5.41) is 23.3. The largest absolute Gasteiger partial charge is 0.466 e. The lowest BCUT2D eigenvalue weighted by Crippen LogP contribution is -2.30. The lowest BCUT2D eigenvalue weighted by Gasteiger charge is -2.21. The van der Waals surface area contributed by atoms with Gasteiger partial charge in [0.05, 0.1) is 12.8 Å². The van der Waals surface area contributed by atoms with E-state index in [2.05, 4.69) is 20.8 Å². The van der Waals surface area contributed by atoms with E-state index in [1.807, 2.05) is 0 Å². The third-order valence-corrected chi connectivity index (χ3v) is 2.79. The molecule has 0 aliphatic rings. The summed E-state index contributed by atoms with van der Waals surface area (Å²) in [7, 11) is 1.52. The second-order valence-electron chi connectivity index (χ2n) is 4.49. The third kappa shape index (κ3) is 3.12. The van der Waals surface area contributed by atoms with E-state index in [4.69, 9.17) is 4.42 Å². The number of nitrogens with one attached hydrogen (secondary N) is 2. The van der Waals surface area contributed by atoms with Crippen LogP contribution in [0.1, 0.15) is 23.2 Å². The van der Waals surface area contributed by atoms with Crippen LogP contribution < -0.4 is 10.6 Å². The first-order valence-electron chi connectivity index (χ1n) is 6.09. The van der Waals surface area contributed by atoms with Crippen molar-refractivity contribution in [1.82, 2.24) is 15.5 Å². The molecule has 2 aromatic heterocycles. The van der Waals surface area contributed by atoms with Crippen LogP contribution in [0.2, 0.25) is 0 Å². The predicted octanol–water partition coefficient (Wildman–Crippen LogP) is 0.749. The number of aromatic nitrogens is 2. The first kappa shape index (κ1) is 14.0. The van der Waals surface area contributed by atoms with Crippen LogP contribution in [-0.2, 0) is 5.60 Å². The molecule has 2 heterocycles. The molecule has 1 unspecified atom stereocenters. The van der Waals surface area contributed by atoms with Crippen LogP contribution in [0.3, 0.4) is 0 Å². The van der Waals surface area contributed by atoms with E-state index in [1.54, 1.807) is 31.2 Å². The number of rotatable bonds is 5. The smallest absolute Gasteiger partial charge is 0.271 e. The van der Waals surface area contributed by atoms with E-state index in [0.29, 0.717) is 11.6 Å². The Balaban J connectivity index is 1.99. The monoisotopic (exact) mass is 276 g/mol. The molecule has 2 aromatic rings. The summed E-state index contributed by atoms with van der Waals surface area (Å²) in [5.41, 5.74) is -0.930. The van der Waals surface area contributed by atoms with Gasteiger partial charge >= 0.3 is 0 Å².